The van der Waals surface area contributed by atoms with Gasteiger partial charge in [-0.15, -0.1) is 0 Å². The van der Waals surface area contributed by atoms with E-state index in [9.17, 15) is 24.3 Å². The van der Waals surface area contributed by atoms with Crippen molar-refractivity contribution in [3.8, 4) is 5.75 Å². The molecule has 2 heterocycles. The largest absolute Gasteiger partial charge is 0.492 e. The minimum absolute atomic E-state index is 0.0387. The zero-order valence-electron chi connectivity index (χ0n) is 26.7. The van der Waals surface area contributed by atoms with Crippen LogP contribution in [0.3, 0.4) is 0 Å². The smallest absolute Gasteiger partial charge is 0.408 e. The van der Waals surface area contributed by atoms with Crippen molar-refractivity contribution in [3.05, 3.63) is 45.3 Å². The van der Waals surface area contributed by atoms with Gasteiger partial charge >= 0.3 is 12.1 Å². The van der Waals surface area contributed by atoms with Crippen LogP contribution in [-0.4, -0.2) is 84.9 Å². The average Bonchev–Trinajstić information content (AvgIpc) is 3.79. The maximum absolute atomic E-state index is 15.8. The Kier molecular flexibility index (Phi) is 10.2. The number of likely N-dealkylation sites (N-methyl/N-ethyl adjacent to an activating group) is 1. The number of pyridine rings is 1. The van der Waals surface area contributed by atoms with Gasteiger partial charge < -0.3 is 34.3 Å². The first-order chi connectivity index (χ1) is 21.1. The highest BCUT2D eigenvalue weighted by molar-refractivity contribution is 5.97. The number of carbonyl (C=O) groups is 3. The van der Waals surface area contributed by atoms with Crippen molar-refractivity contribution in [2.24, 2.45) is 0 Å². The SMILES string of the molecule is COc1c(N2CCC/C(=C(\F)CCC(=O)[C@H](CN(C)C)NC(=O)OC(C)(C)C)C2)c(F)cc2c(=O)c(C(=O)O)cn(C3CC3)c12. The Hall–Kier alpha value is -4.00. The molecule has 2 N–H and O–H groups in total. The van der Waals surface area contributed by atoms with E-state index in [0.29, 0.717) is 30.5 Å². The minimum Gasteiger partial charge on any atom is -0.492 e. The van der Waals surface area contributed by atoms with E-state index in [-0.39, 0.29) is 54.6 Å². The Bertz CT molecular complexity index is 1570. The standard InChI is InChI=1S/C32H42F2N4O7/c1-32(2,3)45-31(43)35-24(17-36(4)5)25(39)12-11-22(33)18-8-7-13-37(15-18)27-23(34)14-20-26(29(27)44-6)38(19-9-10-19)16-21(28(20)40)30(41)42/h14,16,19,24H,7-13,15,17H2,1-6H3,(H,35,43)(H,41,42)/b22-18+/t24-/m0/s1. The van der Waals surface area contributed by atoms with Crippen molar-refractivity contribution in [1.82, 2.24) is 14.8 Å². The number of hydrogen-bond donors (Lipinski definition) is 2. The number of methoxy groups -OCH3 is 1. The number of halogens is 2. The Balaban J connectivity index is 1.59. The van der Waals surface area contributed by atoms with Crippen LogP contribution >= 0.6 is 0 Å². The van der Waals surface area contributed by atoms with Crippen LogP contribution in [0.25, 0.3) is 10.9 Å². The van der Waals surface area contributed by atoms with Gasteiger partial charge in [0.2, 0.25) is 5.43 Å². The average molecular weight is 633 g/mol. The third-order valence-corrected chi connectivity index (χ3v) is 7.78. The van der Waals surface area contributed by atoms with E-state index in [1.165, 1.54) is 13.3 Å². The number of carbonyl (C=O) groups excluding carboxylic acids is 2. The Morgan fingerprint density at radius 3 is 2.47 bits per heavy atom. The summed E-state index contributed by atoms with van der Waals surface area (Å²) in [5, 5.41) is 12.1. The van der Waals surface area contributed by atoms with Gasteiger partial charge in [0.1, 0.15) is 28.7 Å². The van der Waals surface area contributed by atoms with Crippen LogP contribution in [-0.2, 0) is 9.53 Å². The summed E-state index contributed by atoms with van der Waals surface area (Å²) < 4.78 is 44.0. The monoisotopic (exact) mass is 632 g/mol. The van der Waals surface area contributed by atoms with Crippen molar-refractivity contribution in [2.45, 2.75) is 77.0 Å². The van der Waals surface area contributed by atoms with Crippen LogP contribution in [0.2, 0.25) is 0 Å². The van der Waals surface area contributed by atoms with Crippen LogP contribution in [0.5, 0.6) is 5.75 Å². The van der Waals surface area contributed by atoms with E-state index in [0.717, 1.165) is 18.9 Å². The third-order valence-electron chi connectivity index (χ3n) is 7.78. The second kappa shape index (κ2) is 13.6. The molecule has 1 aliphatic carbocycles. The van der Waals surface area contributed by atoms with Crippen molar-refractivity contribution in [1.29, 1.82) is 0 Å². The number of ketones is 1. The molecule has 1 saturated carbocycles. The number of aromatic carboxylic acids is 1. The number of benzene rings is 1. The summed E-state index contributed by atoms with van der Waals surface area (Å²) >= 11 is 0. The summed E-state index contributed by atoms with van der Waals surface area (Å²) in [5.41, 5.74) is -1.21. The number of carboxylic acids is 1. The molecule has 1 aromatic carbocycles. The number of anilines is 1. The minimum atomic E-state index is -1.40. The summed E-state index contributed by atoms with van der Waals surface area (Å²) in [5.74, 6) is -2.91. The molecule has 0 radical (unpaired) electrons. The normalized spacial score (nSPS) is 17.3. The highest BCUT2D eigenvalue weighted by atomic mass is 19.1. The lowest BCUT2D eigenvalue weighted by Crippen LogP contribution is -2.48. The summed E-state index contributed by atoms with van der Waals surface area (Å²) in [4.78, 5) is 53.6. The fourth-order valence-corrected chi connectivity index (χ4v) is 5.64. The molecule has 1 atom stereocenters. The molecule has 1 aromatic heterocycles. The number of aromatic nitrogens is 1. The van der Waals surface area contributed by atoms with E-state index in [4.69, 9.17) is 9.47 Å². The number of ether oxygens (including phenoxy) is 2. The number of rotatable bonds is 11. The summed E-state index contributed by atoms with van der Waals surface area (Å²) in [7, 11) is 4.86. The highest BCUT2D eigenvalue weighted by Crippen LogP contribution is 2.44. The number of nitrogens with one attached hydrogen (secondary N) is 1. The molecule has 246 valence electrons. The van der Waals surface area contributed by atoms with E-state index in [1.807, 2.05) is 0 Å². The molecule has 0 spiro atoms. The zero-order valence-corrected chi connectivity index (χ0v) is 26.7. The highest BCUT2D eigenvalue weighted by Gasteiger charge is 2.32. The predicted molar refractivity (Wildman–Crippen MR) is 165 cm³/mol. The van der Waals surface area contributed by atoms with Gasteiger partial charge in [-0.1, -0.05) is 0 Å². The molecular formula is C32H42F2N4O7. The zero-order chi connectivity index (χ0) is 33.2. The van der Waals surface area contributed by atoms with Crippen LogP contribution < -0.4 is 20.4 Å². The number of carboxylic acid groups (broad SMARTS) is 1. The number of allylic oxidation sites excluding steroid dienone is 1. The summed E-state index contributed by atoms with van der Waals surface area (Å²) in [6.07, 6.45) is 2.69. The molecule has 2 aliphatic rings. The fraction of sp³-hybridized carbons (Fsp3) is 0.562. The summed E-state index contributed by atoms with van der Waals surface area (Å²) in [6, 6.07) is 0.0969. The molecular weight excluding hydrogens is 590 g/mol. The van der Waals surface area contributed by atoms with Crippen molar-refractivity contribution < 1.29 is 37.7 Å². The number of hydrogen-bond acceptors (Lipinski definition) is 8. The molecule has 1 aliphatic heterocycles. The van der Waals surface area contributed by atoms with Gasteiger partial charge in [-0.25, -0.2) is 18.4 Å². The molecule has 45 heavy (non-hydrogen) atoms. The van der Waals surface area contributed by atoms with E-state index < -0.39 is 46.3 Å². The lowest BCUT2D eigenvalue weighted by Gasteiger charge is -2.33. The van der Waals surface area contributed by atoms with E-state index in [2.05, 4.69) is 5.32 Å². The number of Topliss-reactive ketones (excluding diaryl/α,β-unsaturated/α-hetero) is 1. The summed E-state index contributed by atoms with van der Waals surface area (Å²) in [6.45, 7) is 5.78. The number of alkyl carbamates (subject to hydrolysis) is 1. The first-order valence-electron chi connectivity index (χ1n) is 15.1. The lowest BCUT2D eigenvalue weighted by molar-refractivity contribution is -0.121. The second-order valence-corrected chi connectivity index (χ2v) is 12.9. The van der Waals surface area contributed by atoms with Crippen LogP contribution in [0, 0.1) is 5.82 Å². The van der Waals surface area contributed by atoms with Crippen molar-refractivity contribution in [2.75, 3.05) is 45.7 Å². The molecule has 4 rings (SSSR count). The number of fused-ring (bicyclic) bond motifs is 1. The Morgan fingerprint density at radius 2 is 1.89 bits per heavy atom. The van der Waals surface area contributed by atoms with Gasteiger partial charge in [0.15, 0.2) is 17.3 Å². The van der Waals surface area contributed by atoms with Crippen LogP contribution in [0.15, 0.2) is 28.5 Å². The first kappa shape index (κ1) is 33.9. The first-order valence-corrected chi connectivity index (χ1v) is 15.1. The van der Waals surface area contributed by atoms with Gasteiger partial charge in [0.05, 0.1) is 18.0 Å². The Labute approximate surface area is 260 Å². The molecule has 2 aromatic rings. The van der Waals surface area contributed by atoms with E-state index in [1.54, 1.807) is 49.2 Å². The van der Waals surface area contributed by atoms with Gasteiger partial charge in [0.25, 0.3) is 0 Å². The van der Waals surface area contributed by atoms with Crippen LogP contribution in [0.4, 0.5) is 19.3 Å². The van der Waals surface area contributed by atoms with Crippen LogP contribution in [0.1, 0.15) is 75.7 Å². The van der Waals surface area contributed by atoms with Gasteiger partial charge in [-0.3, -0.25) is 9.59 Å². The molecule has 1 saturated heterocycles. The topological polar surface area (TPSA) is 130 Å². The molecule has 13 heteroatoms. The molecule has 0 unspecified atom stereocenters. The lowest BCUT2D eigenvalue weighted by atomic mass is 9.99. The second-order valence-electron chi connectivity index (χ2n) is 12.9. The van der Waals surface area contributed by atoms with Gasteiger partial charge in [0, 0.05) is 44.7 Å². The predicted octanol–water partition coefficient (Wildman–Crippen LogP) is 4.81. The van der Waals surface area contributed by atoms with Gasteiger partial charge in [-0.05, 0) is 72.2 Å². The molecule has 0 bridgehead atoms. The number of nitrogens with zero attached hydrogens (tertiary/aromatic N) is 3. The maximum Gasteiger partial charge on any atom is 0.408 e. The third kappa shape index (κ3) is 7.99. The maximum atomic E-state index is 15.8. The quantitative estimate of drug-likeness (QED) is 0.358. The number of amides is 1. The number of piperidine rings is 1. The van der Waals surface area contributed by atoms with Crippen molar-refractivity contribution in [3.63, 3.8) is 0 Å². The fourth-order valence-electron chi connectivity index (χ4n) is 5.64. The van der Waals surface area contributed by atoms with Gasteiger partial charge in [-0.2, -0.15) is 0 Å². The Morgan fingerprint density at radius 1 is 1.20 bits per heavy atom. The molecule has 11 nitrogen and oxygen atoms in total. The molecule has 2 fully saturated rings. The van der Waals surface area contributed by atoms with Crippen molar-refractivity contribution >= 4 is 34.4 Å². The van der Waals surface area contributed by atoms with E-state index >= 15 is 8.78 Å². The molecule has 1 amide bonds.